The highest BCUT2D eigenvalue weighted by molar-refractivity contribution is 5.75. The van der Waals surface area contributed by atoms with Crippen LogP contribution in [0.15, 0.2) is 72.5 Å². The van der Waals surface area contributed by atoms with Gasteiger partial charge in [0, 0.05) is 17.3 Å². The number of nitrogens with zero attached hydrogens (tertiary/aromatic N) is 2. The van der Waals surface area contributed by atoms with E-state index in [9.17, 15) is 0 Å². The van der Waals surface area contributed by atoms with E-state index in [2.05, 4.69) is 47.4 Å². The van der Waals surface area contributed by atoms with E-state index < -0.39 is 0 Å². The van der Waals surface area contributed by atoms with Crippen molar-refractivity contribution in [2.75, 3.05) is 12.0 Å². The van der Waals surface area contributed by atoms with Gasteiger partial charge < -0.3 is 9.64 Å². The van der Waals surface area contributed by atoms with Gasteiger partial charge in [0.05, 0.1) is 24.8 Å². The van der Waals surface area contributed by atoms with Gasteiger partial charge in [-0.3, -0.25) is 0 Å². The van der Waals surface area contributed by atoms with Crippen LogP contribution in [0.2, 0.25) is 0 Å². The van der Waals surface area contributed by atoms with Crippen LogP contribution >= 0.6 is 0 Å². The summed E-state index contributed by atoms with van der Waals surface area (Å²) in [6.07, 6.45) is 6.43. The van der Waals surface area contributed by atoms with Crippen molar-refractivity contribution in [3.05, 3.63) is 83.6 Å². The molecule has 0 N–H and O–H groups in total. The standard InChI is InChI=1S/C20H16N2O/c1-23-16-10-11-18-17-4-2-3-5-19(17)22(20(18)12-16)15-8-6-14(13-21)7-9-15/h2-12,18,20H,1H3. The molecule has 112 valence electrons. The predicted molar refractivity (Wildman–Crippen MR) is 90.5 cm³/mol. The maximum Gasteiger partial charge on any atom is 0.116 e. The second kappa shape index (κ2) is 5.33. The summed E-state index contributed by atoms with van der Waals surface area (Å²) in [6, 6.07) is 18.6. The summed E-state index contributed by atoms with van der Waals surface area (Å²) in [7, 11) is 1.70. The maximum absolute atomic E-state index is 9.01. The van der Waals surface area contributed by atoms with E-state index in [1.54, 1.807) is 7.11 Å². The van der Waals surface area contributed by atoms with Crippen LogP contribution in [-0.2, 0) is 4.74 Å². The lowest BCUT2D eigenvalue weighted by Crippen LogP contribution is -2.29. The molecule has 0 saturated heterocycles. The van der Waals surface area contributed by atoms with Crippen LogP contribution in [0.3, 0.4) is 0 Å². The molecule has 0 amide bonds. The van der Waals surface area contributed by atoms with Crippen LogP contribution in [0, 0.1) is 11.3 Å². The van der Waals surface area contributed by atoms with Crippen molar-refractivity contribution >= 4 is 11.4 Å². The van der Waals surface area contributed by atoms with Gasteiger partial charge in [0.15, 0.2) is 0 Å². The molecule has 0 bridgehead atoms. The highest BCUT2D eigenvalue weighted by atomic mass is 16.5. The minimum Gasteiger partial charge on any atom is -0.497 e. The molecule has 2 aliphatic rings. The van der Waals surface area contributed by atoms with Crippen LogP contribution in [0.4, 0.5) is 11.4 Å². The molecule has 1 heterocycles. The number of rotatable bonds is 2. The summed E-state index contributed by atoms with van der Waals surface area (Å²) in [5.41, 5.74) is 4.30. The van der Waals surface area contributed by atoms with E-state index >= 15 is 0 Å². The first-order valence-corrected chi connectivity index (χ1v) is 7.64. The molecule has 2 unspecified atom stereocenters. The molecule has 1 aliphatic carbocycles. The van der Waals surface area contributed by atoms with Gasteiger partial charge in [0.2, 0.25) is 0 Å². The Hall–Kier alpha value is -2.99. The van der Waals surface area contributed by atoms with Gasteiger partial charge in [-0.2, -0.15) is 5.26 Å². The van der Waals surface area contributed by atoms with Gasteiger partial charge in [0.25, 0.3) is 0 Å². The molecule has 2 aromatic carbocycles. The summed E-state index contributed by atoms with van der Waals surface area (Å²) in [5, 5.41) is 9.01. The minimum absolute atomic E-state index is 0.195. The second-order valence-corrected chi connectivity index (χ2v) is 5.74. The number of para-hydroxylation sites is 1. The van der Waals surface area contributed by atoms with Gasteiger partial charge in [-0.1, -0.05) is 24.3 Å². The van der Waals surface area contributed by atoms with E-state index in [4.69, 9.17) is 10.00 Å². The topological polar surface area (TPSA) is 36.3 Å². The summed E-state index contributed by atoms with van der Waals surface area (Å²) in [4.78, 5) is 2.32. The molecular weight excluding hydrogens is 284 g/mol. The summed E-state index contributed by atoms with van der Waals surface area (Å²) in [6.45, 7) is 0. The zero-order valence-corrected chi connectivity index (χ0v) is 12.8. The van der Waals surface area contributed by atoms with Crippen molar-refractivity contribution in [3.8, 4) is 6.07 Å². The molecule has 0 saturated carbocycles. The Morgan fingerprint density at radius 1 is 1.09 bits per heavy atom. The zero-order chi connectivity index (χ0) is 15.8. The number of fused-ring (bicyclic) bond motifs is 3. The molecule has 2 atom stereocenters. The first-order chi connectivity index (χ1) is 11.3. The van der Waals surface area contributed by atoms with Crippen LogP contribution in [-0.4, -0.2) is 13.2 Å². The van der Waals surface area contributed by atoms with Crippen LogP contribution < -0.4 is 4.90 Å². The number of methoxy groups -OCH3 is 1. The highest BCUT2D eigenvalue weighted by Crippen LogP contribution is 2.47. The lowest BCUT2D eigenvalue weighted by atomic mass is 9.91. The molecule has 0 spiro atoms. The number of nitriles is 1. The number of anilines is 2. The molecule has 0 fully saturated rings. The van der Waals surface area contributed by atoms with Crippen LogP contribution in [0.1, 0.15) is 17.0 Å². The quantitative estimate of drug-likeness (QED) is 0.831. The Labute approximate surface area is 135 Å². The molecule has 3 nitrogen and oxygen atoms in total. The molecule has 0 radical (unpaired) electrons. The van der Waals surface area contributed by atoms with E-state index in [-0.39, 0.29) is 6.04 Å². The van der Waals surface area contributed by atoms with Crippen molar-refractivity contribution < 1.29 is 4.74 Å². The summed E-state index contributed by atoms with van der Waals surface area (Å²) < 4.78 is 5.42. The first-order valence-electron chi connectivity index (χ1n) is 7.64. The third-order valence-corrected chi connectivity index (χ3v) is 4.53. The SMILES string of the molecule is COC1=CC2C(C=C1)c1ccccc1N2c1ccc(C#N)cc1. The lowest BCUT2D eigenvalue weighted by molar-refractivity contribution is 0.301. The number of hydrogen-bond donors (Lipinski definition) is 0. The Bertz CT molecular complexity index is 843. The Morgan fingerprint density at radius 2 is 1.87 bits per heavy atom. The van der Waals surface area contributed by atoms with Crippen molar-refractivity contribution in [1.82, 2.24) is 0 Å². The maximum atomic E-state index is 9.01. The van der Waals surface area contributed by atoms with Crippen molar-refractivity contribution in [1.29, 1.82) is 5.26 Å². The second-order valence-electron chi connectivity index (χ2n) is 5.74. The van der Waals surface area contributed by atoms with E-state index in [0.29, 0.717) is 11.5 Å². The minimum atomic E-state index is 0.195. The Balaban J connectivity index is 1.84. The average Bonchev–Trinajstić information content (AvgIpc) is 2.95. The fourth-order valence-corrected chi connectivity index (χ4v) is 3.46. The normalized spacial score (nSPS) is 21.2. The third-order valence-electron chi connectivity index (χ3n) is 4.53. The Kier molecular flexibility index (Phi) is 3.17. The predicted octanol–water partition coefficient (Wildman–Crippen LogP) is 4.26. The van der Waals surface area contributed by atoms with Gasteiger partial charge in [-0.25, -0.2) is 0 Å². The lowest BCUT2D eigenvalue weighted by Gasteiger charge is -2.29. The molecular formula is C20H16N2O. The number of allylic oxidation sites excluding steroid dienone is 1. The third kappa shape index (κ3) is 2.11. The molecule has 3 heteroatoms. The van der Waals surface area contributed by atoms with Crippen LogP contribution in [0.5, 0.6) is 0 Å². The fourth-order valence-electron chi connectivity index (χ4n) is 3.46. The van der Waals surface area contributed by atoms with Gasteiger partial charge in [-0.05, 0) is 48.0 Å². The molecule has 23 heavy (non-hydrogen) atoms. The summed E-state index contributed by atoms with van der Waals surface area (Å²) in [5.74, 6) is 1.21. The van der Waals surface area contributed by atoms with Crippen LogP contribution in [0.25, 0.3) is 0 Å². The fraction of sp³-hybridized carbons (Fsp3) is 0.150. The largest absolute Gasteiger partial charge is 0.497 e. The molecule has 2 aromatic rings. The highest BCUT2D eigenvalue weighted by Gasteiger charge is 2.38. The van der Waals surface area contributed by atoms with E-state index in [0.717, 1.165) is 11.4 Å². The Morgan fingerprint density at radius 3 is 2.61 bits per heavy atom. The molecule has 4 rings (SSSR count). The summed E-state index contributed by atoms with van der Waals surface area (Å²) >= 11 is 0. The first kappa shape index (κ1) is 13.7. The van der Waals surface area contributed by atoms with Gasteiger partial charge in [0.1, 0.15) is 5.76 Å². The van der Waals surface area contributed by atoms with E-state index in [1.807, 2.05) is 30.3 Å². The number of benzene rings is 2. The van der Waals surface area contributed by atoms with E-state index in [1.165, 1.54) is 11.3 Å². The number of ether oxygens (including phenoxy) is 1. The monoisotopic (exact) mass is 300 g/mol. The van der Waals surface area contributed by atoms with Crippen molar-refractivity contribution in [3.63, 3.8) is 0 Å². The average molecular weight is 300 g/mol. The van der Waals surface area contributed by atoms with Gasteiger partial charge in [-0.15, -0.1) is 0 Å². The van der Waals surface area contributed by atoms with Gasteiger partial charge >= 0.3 is 0 Å². The molecule has 1 aliphatic heterocycles. The smallest absolute Gasteiger partial charge is 0.116 e. The van der Waals surface area contributed by atoms with Crippen molar-refractivity contribution in [2.45, 2.75) is 12.0 Å². The van der Waals surface area contributed by atoms with Crippen molar-refractivity contribution in [2.24, 2.45) is 0 Å². The number of hydrogen-bond acceptors (Lipinski definition) is 3. The zero-order valence-electron chi connectivity index (χ0n) is 12.8. The molecule has 0 aromatic heterocycles.